The molecule has 0 aliphatic carbocycles. The molecule has 0 spiro atoms. The summed E-state index contributed by atoms with van der Waals surface area (Å²) < 4.78 is 5.21. The second kappa shape index (κ2) is 11.4. The molecule has 2 aliphatic rings. The highest BCUT2D eigenvalue weighted by Gasteiger charge is 2.17. The van der Waals surface area contributed by atoms with E-state index >= 15 is 0 Å². The second-order valence-electron chi connectivity index (χ2n) is 11.4. The molecule has 9 heteroatoms. The zero-order valence-corrected chi connectivity index (χ0v) is 24.2. The highest BCUT2D eigenvalue weighted by Crippen LogP contribution is 2.29. The van der Waals surface area contributed by atoms with Crippen molar-refractivity contribution in [3.05, 3.63) is 107 Å². The maximum absolute atomic E-state index is 12.7. The highest BCUT2D eigenvalue weighted by atomic mass is 16.6. The van der Waals surface area contributed by atoms with E-state index in [0.717, 1.165) is 56.0 Å². The number of nitrogens with zero attached hydrogens (tertiary/aromatic N) is 2. The maximum Gasteiger partial charge on any atom is 0.407 e. The quantitative estimate of drug-likeness (QED) is 0.180. The maximum atomic E-state index is 12.7. The largest absolute Gasteiger partial charge is 0.444 e. The Labute approximate surface area is 248 Å². The Morgan fingerprint density at radius 3 is 1.95 bits per heavy atom. The first-order valence-corrected chi connectivity index (χ1v) is 14.1. The molecule has 43 heavy (non-hydrogen) atoms. The number of aromatic amines is 2. The van der Waals surface area contributed by atoms with Gasteiger partial charge in [-0.15, -0.1) is 0 Å². The van der Waals surface area contributed by atoms with Crippen LogP contribution in [0, 0.1) is 0 Å². The normalized spacial score (nSPS) is 12.5. The molecule has 0 saturated heterocycles. The second-order valence-corrected chi connectivity index (χ2v) is 11.4. The van der Waals surface area contributed by atoms with Crippen molar-refractivity contribution in [1.82, 2.24) is 30.6 Å². The van der Waals surface area contributed by atoms with Gasteiger partial charge in [-0.3, -0.25) is 4.79 Å². The van der Waals surface area contributed by atoms with Crippen LogP contribution in [0.2, 0.25) is 0 Å². The molecule has 4 aromatic rings. The van der Waals surface area contributed by atoms with Gasteiger partial charge in [-0.1, -0.05) is 12.1 Å². The Morgan fingerprint density at radius 1 is 0.721 bits per heavy atom. The molecule has 8 bridgehead atoms. The minimum Gasteiger partial charge on any atom is -0.444 e. The predicted molar refractivity (Wildman–Crippen MR) is 170 cm³/mol. The van der Waals surface area contributed by atoms with Gasteiger partial charge in [0, 0.05) is 46.3 Å². The predicted octanol–water partition coefficient (Wildman–Crippen LogP) is 6.33. The van der Waals surface area contributed by atoms with Crippen molar-refractivity contribution in [3.63, 3.8) is 0 Å². The number of aromatic nitrogens is 4. The number of H-pyrrole nitrogens is 2. The summed E-state index contributed by atoms with van der Waals surface area (Å²) in [7, 11) is 0. The fraction of sp³-hybridized carbons (Fsp3) is 0.176. The van der Waals surface area contributed by atoms with Crippen LogP contribution < -0.4 is 10.6 Å². The zero-order valence-electron chi connectivity index (χ0n) is 24.2. The zero-order chi connectivity index (χ0) is 30.0. The molecule has 9 nitrogen and oxygen atoms in total. The monoisotopic (exact) mass is 572 g/mol. The number of rotatable bonds is 5. The van der Waals surface area contributed by atoms with E-state index in [4.69, 9.17) is 14.7 Å². The van der Waals surface area contributed by atoms with Crippen LogP contribution in [0.15, 0.2) is 72.8 Å². The van der Waals surface area contributed by atoms with Gasteiger partial charge in [0.05, 0.1) is 22.8 Å². The summed E-state index contributed by atoms with van der Waals surface area (Å²) in [5, 5.41) is 5.46. The summed E-state index contributed by atoms with van der Waals surface area (Å²) in [5.74, 6) is -0.227. The minimum absolute atomic E-state index is 0.227. The number of benzene rings is 1. The SMILES string of the molecule is CC(C)(C)OC(=O)NCCNC(=O)c1ccc(C2=Cc3cc4ccc(cc5ccc(cc6nc(cc2n3)C=C6)[nH]5)[nH]4)cc1. The number of carbonyl (C=O) groups excluding carboxylic acids is 2. The van der Waals surface area contributed by atoms with E-state index in [9.17, 15) is 9.59 Å². The van der Waals surface area contributed by atoms with Gasteiger partial charge in [0.25, 0.3) is 5.91 Å². The first-order valence-electron chi connectivity index (χ1n) is 14.1. The first-order chi connectivity index (χ1) is 20.7. The van der Waals surface area contributed by atoms with Gasteiger partial charge in [-0.25, -0.2) is 14.8 Å². The molecule has 0 radical (unpaired) electrons. The van der Waals surface area contributed by atoms with Gasteiger partial charge in [0.1, 0.15) is 5.60 Å². The molecule has 216 valence electrons. The number of hydrogen-bond donors (Lipinski definition) is 4. The van der Waals surface area contributed by atoms with E-state index in [1.54, 1.807) is 32.9 Å². The Kier molecular flexibility index (Phi) is 7.38. The Bertz CT molecular complexity index is 1920. The fourth-order valence-electron chi connectivity index (χ4n) is 4.80. The molecule has 1 aromatic carbocycles. The van der Waals surface area contributed by atoms with Crippen LogP contribution in [-0.4, -0.2) is 50.6 Å². The lowest BCUT2D eigenvalue weighted by atomic mass is 10.0. The van der Waals surface area contributed by atoms with Crippen LogP contribution in [0.4, 0.5) is 4.79 Å². The number of alkyl carbamates (subject to hydrolysis) is 1. The molecular weight excluding hydrogens is 540 g/mol. The van der Waals surface area contributed by atoms with Crippen molar-refractivity contribution in [2.45, 2.75) is 26.4 Å². The third kappa shape index (κ3) is 6.90. The molecule has 0 saturated carbocycles. The highest BCUT2D eigenvalue weighted by molar-refractivity contribution is 5.97. The van der Waals surface area contributed by atoms with Crippen molar-refractivity contribution in [2.75, 3.05) is 13.1 Å². The number of ether oxygens (including phenoxy) is 1. The number of hydrogen-bond acceptors (Lipinski definition) is 5. The number of nitrogens with one attached hydrogen (secondary N) is 4. The molecule has 0 fully saturated rings. The molecule has 5 heterocycles. The van der Waals surface area contributed by atoms with E-state index in [1.165, 1.54) is 0 Å². The fourth-order valence-corrected chi connectivity index (χ4v) is 4.80. The Morgan fingerprint density at radius 2 is 1.30 bits per heavy atom. The Hall–Kier alpha value is -5.44. The van der Waals surface area contributed by atoms with E-state index < -0.39 is 11.7 Å². The van der Waals surface area contributed by atoms with Crippen molar-refractivity contribution >= 4 is 57.9 Å². The van der Waals surface area contributed by atoms with Gasteiger partial charge < -0.3 is 25.3 Å². The van der Waals surface area contributed by atoms with Gasteiger partial charge in [0.2, 0.25) is 0 Å². The van der Waals surface area contributed by atoms with Gasteiger partial charge in [0.15, 0.2) is 0 Å². The van der Waals surface area contributed by atoms with E-state index in [0.29, 0.717) is 5.56 Å². The average molecular weight is 573 g/mol. The third-order valence-electron chi connectivity index (χ3n) is 6.70. The first kappa shape index (κ1) is 27.7. The van der Waals surface area contributed by atoms with Crippen LogP contribution in [-0.2, 0) is 4.74 Å². The summed E-state index contributed by atoms with van der Waals surface area (Å²) in [6.45, 7) is 5.93. The molecule has 3 aromatic heterocycles. The van der Waals surface area contributed by atoms with Crippen LogP contribution in [0.5, 0.6) is 0 Å². The lowest BCUT2D eigenvalue weighted by molar-refractivity contribution is 0.0526. The van der Waals surface area contributed by atoms with Gasteiger partial charge >= 0.3 is 6.09 Å². The van der Waals surface area contributed by atoms with Gasteiger partial charge in [-0.05, 0) is 105 Å². The molecular formula is C34H32N6O3. The summed E-state index contributed by atoms with van der Waals surface area (Å²) in [6.07, 6.45) is 5.48. The molecule has 2 aliphatic heterocycles. The van der Waals surface area contributed by atoms with Crippen molar-refractivity contribution in [2.24, 2.45) is 0 Å². The number of fused-ring (bicyclic) bond motifs is 8. The Balaban J connectivity index is 1.25. The van der Waals surface area contributed by atoms with E-state index in [-0.39, 0.29) is 19.0 Å². The van der Waals surface area contributed by atoms with Crippen LogP contribution in [0.3, 0.4) is 0 Å². The van der Waals surface area contributed by atoms with Crippen LogP contribution in [0.25, 0.3) is 45.9 Å². The summed E-state index contributed by atoms with van der Waals surface area (Å²) in [4.78, 5) is 41.0. The summed E-state index contributed by atoms with van der Waals surface area (Å²) in [6, 6.07) is 23.6. The minimum atomic E-state index is -0.575. The molecule has 0 atom stereocenters. The average Bonchev–Trinajstić information content (AvgIpc) is 3.76. The lowest BCUT2D eigenvalue weighted by Gasteiger charge is -2.19. The van der Waals surface area contributed by atoms with Crippen LogP contribution in [0.1, 0.15) is 59.5 Å². The molecule has 6 rings (SSSR count). The van der Waals surface area contributed by atoms with E-state index in [1.807, 2.05) is 72.8 Å². The van der Waals surface area contributed by atoms with Crippen molar-refractivity contribution < 1.29 is 14.3 Å². The molecule has 0 unspecified atom stereocenters. The smallest absolute Gasteiger partial charge is 0.407 e. The van der Waals surface area contributed by atoms with Crippen molar-refractivity contribution in [3.8, 4) is 0 Å². The van der Waals surface area contributed by atoms with Gasteiger partial charge in [-0.2, -0.15) is 0 Å². The van der Waals surface area contributed by atoms with Crippen LogP contribution >= 0.6 is 0 Å². The standard InChI is InChI=1S/C34H32N6O3/c1-34(2,3)43-33(42)36-15-14-35-32(41)22-6-4-21(5-7-22)30-19-29-18-27-11-10-25(38-27)16-23-8-9-24(37-23)17-26-12-13-28(39-26)20-31(30)40-29/h4-13,16-20,37-38H,14-15H2,1-3H3,(H,35,41)(H,36,42). The summed E-state index contributed by atoms with van der Waals surface area (Å²) >= 11 is 0. The lowest BCUT2D eigenvalue weighted by Crippen LogP contribution is -2.37. The number of amides is 2. The topological polar surface area (TPSA) is 125 Å². The number of carbonyl (C=O) groups is 2. The third-order valence-corrected chi connectivity index (χ3v) is 6.70. The summed E-state index contributed by atoms with van der Waals surface area (Å²) in [5.41, 5.74) is 8.94. The molecule has 4 N–H and O–H groups in total. The van der Waals surface area contributed by atoms with Crippen molar-refractivity contribution in [1.29, 1.82) is 0 Å². The molecule has 2 amide bonds. The van der Waals surface area contributed by atoms with E-state index in [2.05, 4.69) is 26.7 Å².